The first-order valence-electron chi connectivity index (χ1n) is 6.07. The van der Waals surface area contributed by atoms with Gasteiger partial charge in [0.05, 0.1) is 12.2 Å². The number of benzene rings is 1. The van der Waals surface area contributed by atoms with Crippen molar-refractivity contribution in [3.8, 4) is 0 Å². The molecule has 0 radical (unpaired) electrons. The third-order valence-corrected chi connectivity index (χ3v) is 3.61. The summed E-state index contributed by atoms with van der Waals surface area (Å²) >= 11 is 6.23. The van der Waals surface area contributed by atoms with Gasteiger partial charge in [0.2, 0.25) is 0 Å². The molecule has 2 aromatic rings. The molecule has 1 aromatic heterocycles. The molecule has 0 spiro atoms. The van der Waals surface area contributed by atoms with Crippen LogP contribution in [0.25, 0.3) is 0 Å². The highest BCUT2D eigenvalue weighted by molar-refractivity contribution is 6.30. The number of nitrogens with zero attached hydrogens (tertiary/aromatic N) is 2. The lowest BCUT2D eigenvalue weighted by Crippen LogP contribution is -2.04. The first kappa shape index (κ1) is 13.1. The van der Waals surface area contributed by atoms with Crippen molar-refractivity contribution in [2.45, 2.75) is 26.3 Å². The third kappa shape index (κ3) is 2.74. The van der Waals surface area contributed by atoms with Gasteiger partial charge in [-0.2, -0.15) is 0 Å². The Bertz CT molecular complexity index is 529. The minimum absolute atomic E-state index is 0.417. The largest absolute Gasteiger partial charge is 0.324 e. The summed E-state index contributed by atoms with van der Waals surface area (Å²) < 4.78 is 1.85. The van der Waals surface area contributed by atoms with Crippen LogP contribution in [0.3, 0.4) is 0 Å². The minimum Gasteiger partial charge on any atom is -0.324 e. The lowest BCUT2D eigenvalue weighted by molar-refractivity contribution is 0.793. The number of rotatable bonds is 4. The number of aryl methyl sites for hydroxylation is 3. The van der Waals surface area contributed by atoms with Crippen molar-refractivity contribution in [2.24, 2.45) is 12.8 Å². The van der Waals surface area contributed by atoms with Gasteiger partial charge in [0.25, 0.3) is 0 Å². The van der Waals surface area contributed by atoms with Crippen LogP contribution in [0.5, 0.6) is 0 Å². The van der Waals surface area contributed by atoms with Gasteiger partial charge in [-0.1, -0.05) is 41.4 Å². The van der Waals surface area contributed by atoms with Crippen molar-refractivity contribution in [3.63, 3.8) is 0 Å². The summed E-state index contributed by atoms with van der Waals surface area (Å²) in [4.78, 5) is 4.47. The van der Waals surface area contributed by atoms with E-state index >= 15 is 0 Å². The Labute approximate surface area is 113 Å². The Balaban J connectivity index is 2.08. The van der Waals surface area contributed by atoms with Crippen LogP contribution in [0.2, 0.25) is 5.15 Å². The SMILES string of the molecule is Cc1ccc(CCc2nc(CN)n(C)c2Cl)cc1. The Morgan fingerprint density at radius 3 is 2.44 bits per heavy atom. The molecule has 0 aliphatic carbocycles. The van der Waals surface area contributed by atoms with Crippen LogP contribution in [0, 0.1) is 6.92 Å². The number of hydrogen-bond acceptors (Lipinski definition) is 2. The van der Waals surface area contributed by atoms with E-state index in [0.29, 0.717) is 11.7 Å². The standard InChI is InChI=1S/C14H18ClN3/c1-10-3-5-11(6-4-10)7-8-12-14(15)18(2)13(9-16)17-12/h3-6H,7-9,16H2,1-2H3. The molecule has 2 N–H and O–H groups in total. The molecule has 0 saturated heterocycles. The maximum absolute atomic E-state index is 6.23. The van der Waals surface area contributed by atoms with E-state index in [9.17, 15) is 0 Å². The molecule has 2 rings (SSSR count). The van der Waals surface area contributed by atoms with Gasteiger partial charge >= 0.3 is 0 Å². The molecule has 0 atom stereocenters. The number of imidazole rings is 1. The molecule has 0 aliphatic rings. The first-order chi connectivity index (χ1) is 8.61. The predicted molar refractivity (Wildman–Crippen MR) is 74.7 cm³/mol. The quantitative estimate of drug-likeness (QED) is 0.922. The zero-order valence-corrected chi connectivity index (χ0v) is 11.5. The Morgan fingerprint density at radius 2 is 1.89 bits per heavy atom. The molecule has 0 aliphatic heterocycles. The first-order valence-corrected chi connectivity index (χ1v) is 6.45. The summed E-state index contributed by atoms with van der Waals surface area (Å²) in [6.45, 7) is 2.51. The third-order valence-electron chi connectivity index (χ3n) is 3.14. The van der Waals surface area contributed by atoms with Gasteiger partial charge in [0, 0.05) is 7.05 Å². The summed E-state index contributed by atoms with van der Waals surface area (Å²) in [5.41, 5.74) is 9.13. The van der Waals surface area contributed by atoms with Crippen molar-refractivity contribution in [1.82, 2.24) is 9.55 Å². The molecular formula is C14H18ClN3. The molecule has 3 nitrogen and oxygen atoms in total. The number of halogens is 1. The summed E-state index contributed by atoms with van der Waals surface area (Å²) in [5.74, 6) is 0.832. The molecule has 1 heterocycles. The lowest BCUT2D eigenvalue weighted by Gasteiger charge is -2.01. The maximum Gasteiger partial charge on any atom is 0.131 e. The van der Waals surface area contributed by atoms with Crippen molar-refractivity contribution >= 4 is 11.6 Å². The predicted octanol–water partition coefficient (Wildman–Crippen LogP) is 2.63. The van der Waals surface area contributed by atoms with Crippen LogP contribution < -0.4 is 5.73 Å². The number of hydrogen-bond donors (Lipinski definition) is 1. The summed E-state index contributed by atoms with van der Waals surface area (Å²) in [6, 6.07) is 8.55. The van der Waals surface area contributed by atoms with E-state index in [-0.39, 0.29) is 0 Å². The van der Waals surface area contributed by atoms with E-state index in [1.807, 2.05) is 11.6 Å². The number of nitrogens with two attached hydrogens (primary N) is 1. The second-order valence-electron chi connectivity index (χ2n) is 4.51. The van der Waals surface area contributed by atoms with E-state index in [1.54, 1.807) is 0 Å². The van der Waals surface area contributed by atoms with Gasteiger partial charge in [0.1, 0.15) is 11.0 Å². The molecular weight excluding hydrogens is 246 g/mol. The normalized spacial score (nSPS) is 10.9. The monoisotopic (exact) mass is 263 g/mol. The Morgan fingerprint density at radius 1 is 1.22 bits per heavy atom. The van der Waals surface area contributed by atoms with Crippen LogP contribution in [0.4, 0.5) is 0 Å². The fraction of sp³-hybridized carbons (Fsp3) is 0.357. The van der Waals surface area contributed by atoms with Crippen molar-refractivity contribution < 1.29 is 0 Å². The smallest absolute Gasteiger partial charge is 0.131 e. The van der Waals surface area contributed by atoms with E-state index in [1.165, 1.54) is 11.1 Å². The van der Waals surface area contributed by atoms with Crippen LogP contribution >= 0.6 is 11.6 Å². The van der Waals surface area contributed by atoms with Gasteiger partial charge in [-0.15, -0.1) is 0 Å². The average molecular weight is 264 g/mol. The van der Waals surface area contributed by atoms with Crippen LogP contribution in [0.15, 0.2) is 24.3 Å². The van der Waals surface area contributed by atoms with E-state index in [0.717, 1.165) is 24.4 Å². The van der Waals surface area contributed by atoms with Gasteiger partial charge in [-0.3, -0.25) is 0 Å². The summed E-state index contributed by atoms with van der Waals surface area (Å²) in [5, 5.41) is 0.697. The highest BCUT2D eigenvalue weighted by Crippen LogP contribution is 2.18. The maximum atomic E-state index is 6.23. The van der Waals surface area contributed by atoms with Crippen molar-refractivity contribution in [2.75, 3.05) is 0 Å². The molecule has 4 heteroatoms. The fourth-order valence-corrected chi connectivity index (χ4v) is 2.18. The summed E-state index contributed by atoms with van der Waals surface area (Å²) in [6.07, 6.45) is 1.79. The topological polar surface area (TPSA) is 43.8 Å². The average Bonchev–Trinajstić information content (AvgIpc) is 2.65. The van der Waals surface area contributed by atoms with E-state index in [2.05, 4.69) is 36.2 Å². The minimum atomic E-state index is 0.417. The van der Waals surface area contributed by atoms with E-state index < -0.39 is 0 Å². The van der Waals surface area contributed by atoms with Crippen LogP contribution in [0.1, 0.15) is 22.6 Å². The molecule has 0 amide bonds. The molecule has 18 heavy (non-hydrogen) atoms. The van der Waals surface area contributed by atoms with Crippen LogP contribution in [-0.2, 0) is 26.4 Å². The highest BCUT2D eigenvalue weighted by Gasteiger charge is 2.11. The molecule has 1 aromatic carbocycles. The summed E-state index contributed by atoms with van der Waals surface area (Å²) in [7, 11) is 1.90. The van der Waals surface area contributed by atoms with Gasteiger partial charge in [-0.05, 0) is 25.3 Å². The highest BCUT2D eigenvalue weighted by atomic mass is 35.5. The van der Waals surface area contributed by atoms with Gasteiger partial charge < -0.3 is 10.3 Å². The molecule has 0 saturated carbocycles. The molecule has 0 bridgehead atoms. The molecule has 0 unspecified atom stereocenters. The lowest BCUT2D eigenvalue weighted by atomic mass is 10.1. The second-order valence-corrected chi connectivity index (χ2v) is 4.87. The van der Waals surface area contributed by atoms with E-state index in [4.69, 9.17) is 17.3 Å². The zero-order chi connectivity index (χ0) is 13.1. The van der Waals surface area contributed by atoms with Crippen LogP contribution in [-0.4, -0.2) is 9.55 Å². The zero-order valence-electron chi connectivity index (χ0n) is 10.8. The van der Waals surface area contributed by atoms with Gasteiger partial charge in [0.15, 0.2) is 0 Å². The van der Waals surface area contributed by atoms with Crippen molar-refractivity contribution in [3.05, 3.63) is 52.1 Å². The number of aromatic nitrogens is 2. The molecule has 0 fully saturated rings. The molecule has 96 valence electrons. The Kier molecular flexibility index (Phi) is 4.04. The van der Waals surface area contributed by atoms with Crippen molar-refractivity contribution in [1.29, 1.82) is 0 Å². The fourth-order valence-electron chi connectivity index (χ4n) is 1.94. The van der Waals surface area contributed by atoms with Gasteiger partial charge in [-0.25, -0.2) is 4.98 Å². The Hall–Kier alpha value is -1.32. The second kappa shape index (κ2) is 5.55.